The van der Waals surface area contributed by atoms with Gasteiger partial charge in [-0.15, -0.1) is 0 Å². The lowest BCUT2D eigenvalue weighted by molar-refractivity contribution is 0.176. The fraction of sp³-hybridized carbons (Fsp3) is 0.429. The smallest absolute Gasteiger partial charge is 0.250 e. The van der Waals surface area contributed by atoms with Crippen molar-refractivity contribution in [1.29, 1.82) is 0 Å². The number of piperidine rings is 1. The summed E-state index contributed by atoms with van der Waals surface area (Å²) in [6, 6.07) is 14.7. The van der Waals surface area contributed by atoms with Crippen LogP contribution in [-0.4, -0.2) is 33.7 Å². The molecule has 2 aliphatic heterocycles. The zero-order chi connectivity index (χ0) is 17.7. The molecule has 1 aliphatic carbocycles. The average Bonchev–Trinajstić information content (AvgIpc) is 3.05. The van der Waals surface area contributed by atoms with E-state index < -0.39 is 0 Å². The molecule has 0 amide bonds. The highest BCUT2D eigenvalue weighted by Crippen LogP contribution is 2.35. The summed E-state index contributed by atoms with van der Waals surface area (Å²) < 4.78 is 1.97. The minimum atomic E-state index is 0.134. The predicted octanol–water partition coefficient (Wildman–Crippen LogP) is 2.31. The summed E-state index contributed by atoms with van der Waals surface area (Å²) in [4.78, 5) is 14.5. The van der Waals surface area contributed by atoms with Crippen LogP contribution in [0.5, 0.6) is 0 Å². The van der Waals surface area contributed by atoms with E-state index >= 15 is 0 Å². The van der Waals surface area contributed by atoms with Gasteiger partial charge in [-0.05, 0) is 54.6 Å². The molecule has 5 heteroatoms. The van der Waals surface area contributed by atoms with Gasteiger partial charge in [0.25, 0.3) is 5.56 Å². The van der Waals surface area contributed by atoms with Crippen LogP contribution in [0.2, 0.25) is 0 Å². The third kappa shape index (κ3) is 2.75. The maximum absolute atomic E-state index is 12.2. The largest absolute Gasteiger partial charge is 0.359 e. The van der Waals surface area contributed by atoms with Gasteiger partial charge in [-0.3, -0.25) is 4.79 Å². The first-order chi connectivity index (χ1) is 12.7. The van der Waals surface area contributed by atoms with E-state index in [4.69, 9.17) is 12.2 Å². The Morgan fingerprint density at radius 1 is 1.00 bits per heavy atom. The van der Waals surface area contributed by atoms with Gasteiger partial charge in [0.2, 0.25) is 0 Å². The van der Waals surface area contributed by atoms with Crippen LogP contribution in [0.1, 0.15) is 29.2 Å². The minimum Gasteiger partial charge on any atom is -0.359 e. The molecule has 26 heavy (non-hydrogen) atoms. The van der Waals surface area contributed by atoms with E-state index in [0.717, 1.165) is 44.0 Å². The molecule has 1 saturated heterocycles. The fourth-order valence-corrected chi connectivity index (χ4v) is 5.30. The molecule has 3 heterocycles. The molecule has 0 radical (unpaired) electrons. The van der Waals surface area contributed by atoms with Crippen molar-refractivity contribution >= 4 is 17.3 Å². The fourth-order valence-electron chi connectivity index (χ4n) is 4.99. The monoisotopic (exact) mass is 365 g/mol. The Morgan fingerprint density at radius 2 is 1.77 bits per heavy atom. The Morgan fingerprint density at radius 3 is 2.54 bits per heavy atom. The highest BCUT2D eigenvalue weighted by molar-refractivity contribution is 7.80. The first-order valence-corrected chi connectivity index (χ1v) is 9.90. The van der Waals surface area contributed by atoms with Gasteiger partial charge in [0, 0.05) is 43.4 Å². The number of aromatic nitrogens is 1. The molecule has 3 aliphatic rings. The molecule has 5 rings (SSSR count). The SMILES string of the molecule is O=c1cccc2n1CC1CC2CN(C(=S)NC2Cc3ccccc3C2)C1. The zero-order valence-corrected chi connectivity index (χ0v) is 15.5. The molecule has 0 saturated carbocycles. The second kappa shape index (κ2) is 6.23. The summed E-state index contributed by atoms with van der Waals surface area (Å²) >= 11 is 5.77. The third-order valence-corrected chi connectivity index (χ3v) is 6.52. The normalized spacial score (nSPS) is 24.1. The number of nitrogens with zero attached hydrogens (tertiary/aromatic N) is 2. The Kier molecular flexibility index (Phi) is 3.85. The minimum absolute atomic E-state index is 0.134. The van der Waals surface area contributed by atoms with Crippen molar-refractivity contribution in [2.75, 3.05) is 13.1 Å². The lowest BCUT2D eigenvalue weighted by Gasteiger charge is -2.44. The van der Waals surface area contributed by atoms with Crippen LogP contribution in [-0.2, 0) is 19.4 Å². The molecule has 1 aromatic carbocycles. The van der Waals surface area contributed by atoms with Crippen molar-refractivity contribution in [3.05, 3.63) is 69.6 Å². The van der Waals surface area contributed by atoms with Crippen molar-refractivity contribution in [2.45, 2.75) is 37.8 Å². The summed E-state index contributed by atoms with van der Waals surface area (Å²) in [5.41, 5.74) is 4.19. The van der Waals surface area contributed by atoms with Crippen LogP contribution < -0.4 is 10.9 Å². The Labute approximate surface area is 158 Å². The number of rotatable bonds is 1. The first kappa shape index (κ1) is 16.1. The summed E-state index contributed by atoms with van der Waals surface area (Å²) in [7, 11) is 0. The van der Waals surface area contributed by atoms with E-state index in [1.807, 2.05) is 10.6 Å². The zero-order valence-electron chi connectivity index (χ0n) is 14.7. The molecule has 1 fully saturated rings. The molecular formula is C21H23N3OS. The predicted molar refractivity (Wildman–Crippen MR) is 106 cm³/mol. The third-order valence-electron chi connectivity index (χ3n) is 6.15. The van der Waals surface area contributed by atoms with Crippen LogP contribution in [0.15, 0.2) is 47.3 Å². The molecule has 2 atom stereocenters. The Bertz CT molecular complexity index is 896. The van der Waals surface area contributed by atoms with Crippen LogP contribution in [0.25, 0.3) is 0 Å². The van der Waals surface area contributed by atoms with Gasteiger partial charge >= 0.3 is 0 Å². The second-order valence-corrected chi connectivity index (χ2v) is 8.31. The van der Waals surface area contributed by atoms with Gasteiger partial charge in [-0.2, -0.15) is 0 Å². The highest BCUT2D eigenvalue weighted by Gasteiger charge is 2.35. The van der Waals surface area contributed by atoms with Crippen molar-refractivity contribution in [3.63, 3.8) is 0 Å². The van der Waals surface area contributed by atoms with Crippen LogP contribution in [0.3, 0.4) is 0 Å². The lowest BCUT2D eigenvalue weighted by atomic mass is 9.83. The maximum Gasteiger partial charge on any atom is 0.250 e. The molecule has 0 spiro atoms. The highest BCUT2D eigenvalue weighted by atomic mass is 32.1. The summed E-state index contributed by atoms with van der Waals surface area (Å²) in [6.07, 6.45) is 3.27. The standard InChI is InChI=1S/C21H23N3OS/c25-20-7-3-6-19-17-8-14(12-24(19)20)11-23(13-17)21(26)22-18-9-15-4-1-2-5-16(15)10-18/h1-7,14,17-18H,8-13H2,(H,22,26). The van der Waals surface area contributed by atoms with E-state index in [9.17, 15) is 4.79 Å². The van der Waals surface area contributed by atoms with Gasteiger partial charge < -0.3 is 14.8 Å². The second-order valence-electron chi connectivity index (χ2n) is 7.93. The molecule has 2 bridgehead atoms. The molecule has 4 nitrogen and oxygen atoms in total. The van der Waals surface area contributed by atoms with E-state index in [0.29, 0.717) is 17.9 Å². The molecule has 1 aromatic heterocycles. The van der Waals surface area contributed by atoms with Crippen molar-refractivity contribution in [3.8, 4) is 0 Å². The van der Waals surface area contributed by atoms with Crippen LogP contribution in [0, 0.1) is 5.92 Å². The van der Waals surface area contributed by atoms with Gasteiger partial charge in [0.05, 0.1) is 0 Å². The summed E-state index contributed by atoms with van der Waals surface area (Å²) in [6.45, 7) is 2.67. The molecule has 134 valence electrons. The van der Waals surface area contributed by atoms with Gasteiger partial charge in [-0.25, -0.2) is 0 Å². The van der Waals surface area contributed by atoms with E-state index in [2.05, 4.69) is 40.5 Å². The quantitative estimate of drug-likeness (QED) is 0.787. The van der Waals surface area contributed by atoms with Crippen molar-refractivity contribution < 1.29 is 0 Å². The number of nitrogens with one attached hydrogen (secondary N) is 1. The Balaban J connectivity index is 1.29. The molecule has 1 N–H and O–H groups in total. The lowest BCUT2D eigenvalue weighted by Crippen LogP contribution is -2.53. The number of fused-ring (bicyclic) bond motifs is 5. The number of hydrogen-bond donors (Lipinski definition) is 1. The first-order valence-electron chi connectivity index (χ1n) is 9.49. The number of benzene rings is 1. The van der Waals surface area contributed by atoms with E-state index in [1.54, 1.807) is 6.07 Å². The van der Waals surface area contributed by atoms with Crippen LogP contribution >= 0.6 is 12.2 Å². The van der Waals surface area contributed by atoms with Gasteiger partial charge in [0.1, 0.15) is 0 Å². The number of hydrogen-bond acceptors (Lipinski definition) is 2. The van der Waals surface area contributed by atoms with E-state index in [-0.39, 0.29) is 5.56 Å². The molecular weight excluding hydrogens is 342 g/mol. The number of thiocarbonyl (C=S) groups is 1. The van der Waals surface area contributed by atoms with Gasteiger partial charge in [0.15, 0.2) is 5.11 Å². The summed E-state index contributed by atoms with van der Waals surface area (Å²) in [5.74, 6) is 0.902. The maximum atomic E-state index is 12.2. The van der Waals surface area contributed by atoms with Crippen molar-refractivity contribution in [1.82, 2.24) is 14.8 Å². The average molecular weight is 366 g/mol. The van der Waals surface area contributed by atoms with Gasteiger partial charge in [-0.1, -0.05) is 30.3 Å². The number of pyridine rings is 1. The van der Waals surface area contributed by atoms with Crippen LogP contribution in [0.4, 0.5) is 0 Å². The summed E-state index contributed by atoms with van der Waals surface area (Å²) in [5, 5.41) is 4.49. The van der Waals surface area contributed by atoms with E-state index in [1.165, 1.54) is 16.8 Å². The molecule has 2 aromatic rings. The topological polar surface area (TPSA) is 37.3 Å². The molecule has 2 unspecified atom stereocenters. The van der Waals surface area contributed by atoms with Crippen molar-refractivity contribution in [2.24, 2.45) is 5.92 Å². The Hall–Kier alpha value is -2.14. The number of likely N-dealkylation sites (tertiary alicyclic amines) is 1.